The molecule has 2 rings (SSSR count). The summed E-state index contributed by atoms with van der Waals surface area (Å²) in [6, 6.07) is 0. The van der Waals surface area contributed by atoms with Crippen molar-refractivity contribution < 1.29 is 5.11 Å². The summed E-state index contributed by atoms with van der Waals surface area (Å²) in [7, 11) is 2.22. The number of hydrogen-bond acceptors (Lipinski definition) is 3. The van der Waals surface area contributed by atoms with Crippen LogP contribution in [-0.2, 0) is 0 Å². The first-order valence-corrected chi connectivity index (χ1v) is 7.81. The third kappa shape index (κ3) is 3.71. The van der Waals surface area contributed by atoms with Gasteiger partial charge in [0.15, 0.2) is 0 Å². The number of likely N-dealkylation sites (N-methyl/N-ethyl adjacent to an activating group) is 1. The molecule has 0 amide bonds. The Morgan fingerprint density at radius 2 is 1.84 bits per heavy atom. The average molecular weight is 268 g/mol. The van der Waals surface area contributed by atoms with Gasteiger partial charge in [-0.15, -0.1) is 0 Å². The molecule has 2 aliphatic rings. The van der Waals surface area contributed by atoms with Gasteiger partial charge in [0, 0.05) is 31.7 Å². The summed E-state index contributed by atoms with van der Waals surface area (Å²) < 4.78 is 0. The average Bonchev–Trinajstić information content (AvgIpc) is 2.28. The van der Waals surface area contributed by atoms with Crippen molar-refractivity contribution >= 4 is 0 Å². The molecule has 1 aliphatic heterocycles. The highest BCUT2D eigenvalue weighted by Gasteiger charge is 2.37. The number of rotatable bonds is 2. The van der Waals surface area contributed by atoms with Crippen LogP contribution >= 0.6 is 0 Å². The molecule has 112 valence electrons. The quantitative estimate of drug-likeness (QED) is 0.832. The molecular formula is C16H32N2O. The van der Waals surface area contributed by atoms with E-state index in [4.69, 9.17) is 0 Å². The van der Waals surface area contributed by atoms with Crippen molar-refractivity contribution in [1.82, 2.24) is 9.80 Å². The minimum atomic E-state index is -0.0872. The summed E-state index contributed by atoms with van der Waals surface area (Å²) in [6.07, 6.45) is 3.23. The molecule has 1 saturated carbocycles. The molecule has 0 radical (unpaired) electrons. The van der Waals surface area contributed by atoms with Crippen LogP contribution in [0.5, 0.6) is 0 Å². The number of aliphatic hydroxyl groups excluding tert-OH is 1. The Morgan fingerprint density at radius 1 is 1.16 bits per heavy atom. The van der Waals surface area contributed by atoms with Gasteiger partial charge in [-0.25, -0.2) is 0 Å². The highest BCUT2D eigenvalue weighted by Crippen LogP contribution is 2.39. The number of hydrogen-bond donors (Lipinski definition) is 1. The first kappa shape index (κ1) is 15.3. The summed E-state index contributed by atoms with van der Waals surface area (Å²) in [6.45, 7) is 13.8. The second-order valence-corrected chi connectivity index (χ2v) is 8.20. The molecule has 1 N–H and O–H groups in total. The number of piperazine rings is 1. The zero-order valence-corrected chi connectivity index (χ0v) is 13.4. The highest BCUT2D eigenvalue weighted by molar-refractivity contribution is 4.91. The zero-order chi connectivity index (χ0) is 14.3. The van der Waals surface area contributed by atoms with Crippen molar-refractivity contribution in [2.45, 2.75) is 58.6 Å². The van der Waals surface area contributed by atoms with Gasteiger partial charge < -0.3 is 5.11 Å². The lowest BCUT2D eigenvalue weighted by Gasteiger charge is -2.48. The third-order valence-electron chi connectivity index (χ3n) is 5.36. The standard InChI is InChI=1S/C16H32N2O/c1-15(2)7-6-14(19)13(10-15)11-18-9-8-17(5)16(3,4)12-18/h13-14,19H,6-12H2,1-5H3. The van der Waals surface area contributed by atoms with Gasteiger partial charge in [-0.3, -0.25) is 9.80 Å². The van der Waals surface area contributed by atoms with Gasteiger partial charge in [0.25, 0.3) is 0 Å². The minimum Gasteiger partial charge on any atom is -0.393 e. The Morgan fingerprint density at radius 3 is 2.47 bits per heavy atom. The largest absolute Gasteiger partial charge is 0.393 e. The smallest absolute Gasteiger partial charge is 0.0581 e. The second-order valence-electron chi connectivity index (χ2n) is 8.20. The third-order valence-corrected chi connectivity index (χ3v) is 5.36. The molecular weight excluding hydrogens is 236 g/mol. The van der Waals surface area contributed by atoms with Crippen LogP contribution in [0.3, 0.4) is 0 Å². The predicted molar refractivity (Wildman–Crippen MR) is 80.3 cm³/mol. The van der Waals surface area contributed by atoms with Gasteiger partial charge in [0.1, 0.15) is 0 Å². The maximum Gasteiger partial charge on any atom is 0.0581 e. The van der Waals surface area contributed by atoms with Gasteiger partial charge in [-0.2, -0.15) is 0 Å². The van der Waals surface area contributed by atoms with E-state index in [9.17, 15) is 5.11 Å². The maximum absolute atomic E-state index is 10.3. The van der Waals surface area contributed by atoms with Crippen molar-refractivity contribution in [3.8, 4) is 0 Å². The van der Waals surface area contributed by atoms with Crippen molar-refractivity contribution in [2.75, 3.05) is 33.2 Å². The SMILES string of the molecule is CN1CCN(CC2CC(C)(C)CCC2O)CC1(C)C. The molecule has 1 aliphatic carbocycles. The number of aliphatic hydroxyl groups is 1. The minimum absolute atomic E-state index is 0.0872. The lowest BCUT2D eigenvalue weighted by molar-refractivity contribution is -0.0215. The molecule has 3 nitrogen and oxygen atoms in total. The van der Waals surface area contributed by atoms with Gasteiger partial charge in [0.05, 0.1) is 6.10 Å². The fraction of sp³-hybridized carbons (Fsp3) is 1.00. The molecule has 0 aromatic heterocycles. The highest BCUT2D eigenvalue weighted by atomic mass is 16.3. The van der Waals surface area contributed by atoms with E-state index in [1.54, 1.807) is 0 Å². The van der Waals surface area contributed by atoms with E-state index in [-0.39, 0.29) is 11.6 Å². The van der Waals surface area contributed by atoms with Crippen LogP contribution in [0.4, 0.5) is 0 Å². The Balaban J connectivity index is 1.93. The molecule has 2 atom stereocenters. The van der Waals surface area contributed by atoms with E-state index < -0.39 is 0 Å². The summed E-state index contributed by atoms with van der Waals surface area (Å²) in [4.78, 5) is 5.01. The maximum atomic E-state index is 10.3. The van der Waals surface area contributed by atoms with Gasteiger partial charge in [-0.05, 0) is 51.5 Å². The molecule has 1 saturated heterocycles. The number of nitrogens with zero attached hydrogens (tertiary/aromatic N) is 2. The van der Waals surface area contributed by atoms with Gasteiger partial charge >= 0.3 is 0 Å². The monoisotopic (exact) mass is 268 g/mol. The summed E-state index contributed by atoms with van der Waals surface area (Å²) in [5, 5.41) is 10.3. The van der Waals surface area contributed by atoms with Gasteiger partial charge in [0.2, 0.25) is 0 Å². The second kappa shape index (κ2) is 5.34. The van der Waals surface area contributed by atoms with Crippen LogP contribution in [0.2, 0.25) is 0 Å². The van der Waals surface area contributed by atoms with Crippen molar-refractivity contribution in [3.63, 3.8) is 0 Å². The predicted octanol–water partition coefficient (Wildman–Crippen LogP) is 2.20. The normalized spacial score (nSPS) is 36.3. The van der Waals surface area contributed by atoms with Crippen molar-refractivity contribution in [3.05, 3.63) is 0 Å². The van der Waals surface area contributed by atoms with Crippen LogP contribution < -0.4 is 0 Å². The van der Waals surface area contributed by atoms with Crippen molar-refractivity contribution in [1.29, 1.82) is 0 Å². The van der Waals surface area contributed by atoms with E-state index in [0.717, 1.165) is 32.6 Å². The first-order valence-electron chi connectivity index (χ1n) is 7.81. The molecule has 0 spiro atoms. The summed E-state index contributed by atoms with van der Waals surface area (Å²) in [5.41, 5.74) is 0.666. The fourth-order valence-electron chi connectivity index (χ4n) is 3.74. The van der Waals surface area contributed by atoms with E-state index in [0.29, 0.717) is 11.3 Å². The summed E-state index contributed by atoms with van der Waals surface area (Å²) in [5.74, 6) is 0.461. The van der Waals surface area contributed by atoms with Crippen LogP contribution in [0.15, 0.2) is 0 Å². The molecule has 0 aromatic rings. The molecule has 1 heterocycles. The molecule has 19 heavy (non-hydrogen) atoms. The van der Waals surface area contributed by atoms with E-state index in [1.807, 2.05) is 0 Å². The molecule has 0 aromatic carbocycles. The van der Waals surface area contributed by atoms with Crippen LogP contribution in [0, 0.1) is 11.3 Å². The lowest BCUT2D eigenvalue weighted by Crippen LogP contribution is -2.58. The Hall–Kier alpha value is -0.120. The van der Waals surface area contributed by atoms with E-state index >= 15 is 0 Å². The first-order chi connectivity index (χ1) is 8.70. The van der Waals surface area contributed by atoms with Crippen LogP contribution in [-0.4, -0.2) is 59.8 Å². The Kier molecular flexibility index (Phi) is 4.29. The van der Waals surface area contributed by atoms with Gasteiger partial charge in [-0.1, -0.05) is 13.8 Å². The molecule has 3 heteroatoms. The van der Waals surface area contributed by atoms with Crippen molar-refractivity contribution in [2.24, 2.45) is 11.3 Å². The lowest BCUT2D eigenvalue weighted by atomic mass is 9.70. The Bertz CT molecular complexity index is 314. The molecule has 2 unspecified atom stereocenters. The molecule has 0 bridgehead atoms. The van der Waals surface area contributed by atoms with Crippen LogP contribution in [0.1, 0.15) is 47.0 Å². The topological polar surface area (TPSA) is 26.7 Å². The van der Waals surface area contributed by atoms with E-state index in [1.165, 1.54) is 12.8 Å². The fourth-order valence-corrected chi connectivity index (χ4v) is 3.74. The summed E-state index contributed by atoms with van der Waals surface area (Å²) >= 11 is 0. The van der Waals surface area contributed by atoms with Crippen LogP contribution in [0.25, 0.3) is 0 Å². The molecule has 2 fully saturated rings. The van der Waals surface area contributed by atoms with E-state index in [2.05, 4.69) is 44.5 Å². The Labute approximate surface area is 119 Å². The zero-order valence-electron chi connectivity index (χ0n) is 13.4.